The van der Waals surface area contributed by atoms with E-state index in [9.17, 15) is 8.42 Å². The molecule has 3 nitrogen and oxygen atoms in total. The van der Waals surface area contributed by atoms with E-state index in [1.807, 2.05) is 61.5 Å². The van der Waals surface area contributed by atoms with Gasteiger partial charge in [-0.15, -0.1) is 0 Å². The highest BCUT2D eigenvalue weighted by atomic mass is 32.2. The second-order valence-corrected chi connectivity index (χ2v) is 7.84. The van der Waals surface area contributed by atoms with Gasteiger partial charge in [-0.2, -0.15) is 0 Å². The lowest BCUT2D eigenvalue weighted by Gasteiger charge is -2.19. The van der Waals surface area contributed by atoms with E-state index >= 15 is 0 Å². The van der Waals surface area contributed by atoms with Crippen LogP contribution in [0.1, 0.15) is 35.6 Å². The third-order valence-corrected chi connectivity index (χ3v) is 5.36. The van der Waals surface area contributed by atoms with Crippen LogP contribution >= 0.6 is 0 Å². The van der Waals surface area contributed by atoms with Crippen molar-refractivity contribution in [2.45, 2.75) is 31.6 Å². The molecule has 4 heteroatoms. The van der Waals surface area contributed by atoms with Crippen LogP contribution in [0.2, 0.25) is 0 Å². The summed E-state index contributed by atoms with van der Waals surface area (Å²) in [5.74, 6) is 0.455. The van der Waals surface area contributed by atoms with Gasteiger partial charge in [-0.05, 0) is 36.8 Å². The van der Waals surface area contributed by atoms with Crippen molar-refractivity contribution in [3.63, 3.8) is 0 Å². The zero-order valence-electron chi connectivity index (χ0n) is 12.7. The van der Waals surface area contributed by atoms with Crippen LogP contribution in [-0.4, -0.2) is 8.42 Å². The van der Waals surface area contributed by atoms with Gasteiger partial charge < -0.3 is 0 Å². The Kier molecular flexibility index (Phi) is 4.32. The summed E-state index contributed by atoms with van der Waals surface area (Å²) in [5.41, 5.74) is 3.06. The third kappa shape index (κ3) is 3.96. The minimum absolute atomic E-state index is 0.0307. The molecular formula is C18H21NO2S. The van der Waals surface area contributed by atoms with Crippen LogP contribution in [0.4, 0.5) is 0 Å². The smallest absolute Gasteiger partial charge is 0.212 e. The molecule has 0 heterocycles. The van der Waals surface area contributed by atoms with Gasteiger partial charge in [0.25, 0.3) is 0 Å². The Hall–Kier alpha value is -1.65. The predicted octanol–water partition coefficient (Wildman–Crippen LogP) is 3.57. The first kappa shape index (κ1) is 15.3. The van der Waals surface area contributed by atoms with Crippen molar-refractivity contribution in [1.29, 1.82) is 0 Å². The van der Waals surface area contributed by atoms with Gasteiger partial charge in [0.1, 0.15) is 0 Å². The quantitative estimate of drug-likeness (QED) is 0.886. The summed E-state index contributed by atoms with van der Waals surface area (Å²) in [6.45, 7) is 2.04. The average molecular weight is 315 g/mol. The highest BCUT2D eigenvalue weighted by Crippen LogP contribution is 2.41. The SMILES string of the molecule is Cc1ccc(C(NS(=O)(=O)Cc2ccccc2)C2CC2)cc1. The molecule has 1 saturated carbocycles. The van der Waals surface area contributed by atoms with Crippen molar-refractivity contribution < 1.29 is 8.42 Å². The standard InChI is InChI=1S/C18H21NO2S/c1-14-7-9-16(10-8-14)18(17-11-12-17)19-22(20,21)13-15-5-3-2-4-6-15/h2-10,17-19H,11-13H2,1H3. The number of hydrogen-bond acceptors (Lipinski definition) is 2. The summed E-state index contributed by atoms with van der Waals surface area (Å²) in [7, 11) is -3.35. The molecule has 1 unspecified atom stereocenters. The van der Waals surface area contributed by atoms with Gasteiger partial charge in [0.15, 0.2) is 0 Å². The molecule has 1 aliphatic carbocycles. The molecule has 0 aliphatic heterocycles. The maximum atomic E-state index is 12.5. The minimum atomic E-state index is -3.35. The Bertz CT molecular complexity index is 719. The molecule has 2 aromatic rings. The molecule has 3 rings (SSSR count). The van der Waals surface area contributed by atoms with Crippen molar-refractivity contribution in [3.8, 4) is 0 Å². The number of nitrogens with one attached hydrogen (secondary N) is 1. The number of hydrogen-bond donors (Lipinski definition) is 1. The molecule has 0 radical (unpaired) electrons. The van der Waals surface area contributed by atoms with E-state index in [1.165, 1.54) is 5.56 Å². The Balaban J connectivity index is 1.77. The summed E-state index contributed by atoms with van der Waals surface area (Å²) in [4.78, 5) is 0. The molecule has 0 saturated heterocycles. The van der Waals surface area contributed by atoms with Gasteiger partial charge in [-0.1, -0.05) is 60.2 Å². The number of rotatable bonds is 6. The van der Waals surface area contributed by atoms with Crippen LogP contribution in [0.3, 0.4) is 0 Å². The van der Waals surface area contributed by atoms with Crippen LogP contribution in [0.15, 0.2) is 54.6 Å². The third-order valence-electron chi connectivity index (χ3n) is 4.04. The fourth-order valence-electron chi connectivity index (χ4n) is 2.67. The molecule has 2 aromatic carbocycles. The van der Waals surface area contributed by atoms with Crippen molar-refractivity contribution in [2.24, 2.45) is 5.92 Å². The van der Waals surface area contributed by atoms with E-state index in [2.05, 4.69) is 4.72 Å². The van der Waals surface area contributed by atoms with Gasteiger partial charge in [0.2, 0.25) is 10.0 Å². The molecule has 1 atom stereocenters. The minimum Gasteiger partial charge on any atom is -0.212 e. The van der Waals surface area contributed by atoms with E-state index in [1.54, 1.807) is 0 Å². The van der Waals surface area contributed by atoms with E-state index in [0.29, 0.717) is 5.92 Å². The highest BCUT2D eigenvalue weighted by molar-refractivity contribution is 7.88. The first-order chi connectivity index (χ1) is 10.5. The first-order valence-corrected chi connectivity index (χ1v) is 9.29. The Morgan fingerprint density at radius 3 is 2.27 bits per heavy atom. The Morgan fingerprint density at radius 1 is 1.05 bits per heavy atom. The van der Waals surface area contributed by atoms with Crippen molar-refractivity contribution in [3.05, 3.63) is 71.3 Å². The molecule has 0 spiro atoms. The van der Waals surface area contributed by atoms with Crippen molar-refractivity contribution in [1.82, 2.24) is 4.72 Å². The fourth-order valence-corrected chi connectivity index (χ4v) is 4.10. The van der Waals surface area contributed by atoms with Gasteiger partial charge in [0, 0.05) is 6.04 Å². The number of aryl methyl sites for hydroxylation is 1. The maximum Gasteiger partial charge on any atom is 0.216 e. The number of sulfonamides is 1. The fraction of sp³-hybridized carbons (Fsp3) is 0.333. The maximum absolute atomic E-state index is 12.5. The Labute approximate surface area is 132 Å². The van der Waals surface area contributed by atoms with Crippen LogP contribution in [-0.2, 0) is 15.8 Å². The van der Waals surface area contributed by atoms with E-state index in [-0.39, 0.29) is 11.8 Å². The molecule has 0 bridgehead atoms. The van der Waals surface area contributed by atoms with E-state index in [4.69, 9.17) is 0 Å². The normalized spacial score (nSPS) is 16.4. The molecule has 1 fully saturated rings. The topological polar surface area (TPSA) is 46.2 Å². The largest absolute Gasteiger partial charge is 0.216 e. The monoisotopic (exact) mass is 315 g/mol. The van der Waals surface area contributed by atoms with Crippen LogP contribution in [0.25, 0.3) is 0 Å². The summed E-state index contributed by atoms with van der Waals surface area (Å²) in [6, 6.07) is 17.3. The first-order valence-electron chi connectivity index (χ1n) is 7.64. The molecule has 0 amide bonds. The molecule has 22 heavy (non-hydrogen) atoms. The van der Waals surface area contributed by atoms with E-state index < -0.39 is 10.0 Å². The van der Waals surface area contributed by atoms with Gasteiger partial charge >= 0.3 is 0 Å². The number of benzene rings is 2. The van der Waals surface area contributed by atoms with Gasteiger partial charge in [-0.3, -0.25) is 0 Å². The predicted molar refractivity (Wildman–Crippen MR) is 88.8 cm³/mol. The lowest BCUT2D eigenvalue weighted by Crippen LogP contribution is -2.31. The zero-order chi connectivity index (χ0) is 15.6. The molecular weight excluding hydrogens is 294 g/mol. The summed E-state index contributed by atoms with van der Waals surface area (Å²) in [6.07, 6.45) is 2.18. The van der Waals surface area contributed by atoms with Crippen LogP contribution in [0, 0.1) is 12.8 Å². The average Bonchev–Trinajstić information content (AvgIpc) is 3.31. The molecule has 0 aromatic heterocycles. The zero-order valence-corrected chi connectivity index (χ0v) is 13.5. The van der Waals surface area contributed by atoms with Gasteiger partial charge in [0.05, 0.1) is 5.75 Å². The second-order valence-electron chi connectivity index (χ2n) is 6.09. The highest BCUT2D eigenvalue weighted by Gasteiger charge is 2.34. The molecule has 1 N–H and O–H groups in total. The molecule has 116 valence electrons. The Morgan fingerprint density at radius 2 is 1.68 bits per heavy atom. The van der Waals surface area contributed by atoms with Crippen molar-refractivity contribution in [2.75, 3.05) is 0 Å². The summed E-state index contributed by atoms with van der Waals surface area (Å²) < 4.78 is 27.9. The van der Waals surface area contributed by atoms with Crippen LogP contribution in [0.5, 0.6) is 0 Å². The molecule has 1 aliphatic rings. The second kappa shape index (κ2) is 6.23. The van der Waals surface area contributed by atoms with Gasteiger partial charge in [-0.25, -0.2) is 13.1 Å². The van der Waals surface area contributed by atoms with E-state index in [0.717, 1.165) is 24.0 Å². The van der Waals surface area contributed by atoms with Crippen molar-refractivity contribution >= 4 is 10.0 Å². The summed E-state index contributed by atoms with van der Waals surface area (Å²) in [5, 5.41) is 0. The summed E-state index contributed by atoms with van der Waals surface area (Å²) >= 11 is 0. The van der Waals surface area contributed by atoms with Crippen LogP contribution < -0.4 is 4.72 Å². The lowest BCUT2D eigenvalue weighted by atomic mass is 10.0. The lowest BCUT2D eigenvalue weighted by molar-refractivity contribution is 0.528.